The van der Waals surface area contributed by atoms with Gasteiger partial charge in [0.05, 0.1) is 11.4 Å². The van der Waals surface area contributed by atoms with E-state index in [-0.39, 0.29) is 12.6 Å². The molecule has 22 heavy (non-hydrogen) atoms. The summed E-state index contributed by atoms with van der Waals surface area (Å²) in [6, 6.07) is 5.64. The van der Waals surface area contributed by atoms with E-state index in [0.717, 1.165) is 0 Å². The normalized spacial score (nSPS) is 12.8. The van der Waals surface area contributed by atoms with Gasteiger partial charge in [-0.1, -0.05) is 19.1 Å². The molecule has 2 amide bonds. The van der Waals surface area contributed by atoms with Gasteiger partial charge in [-0.05, 0) is 25.0 Å². The topological polar surface area (TPSA) is 61.4 Å². The number of nitrogens with one attached hydrogen (secondary N) is 2. The Labute approximate surface area is 131 Å². The first-order chi connectivity index (χ1) is 10.4. The van der Waals surface area contributed by atoms with Gasteiger partial charge in [-0.25, -0.2) is 4.79 Å². The van der Waals surface area contributed by atoms with Crippen molar-refractivity contribution in [1.82, 2.24) is 5.32 Å². The molecule has 0 aliphatic heterocycles. The van der Waals surface area contributed by atoms with E-state index in [2.05, 4.69) is 10.6 Å². The number of amides is 2. The van der Waals surface area contributed by atoms with Crippen molar-refractivity contribution < 1.29 is 23.1 Å². The highest BCUT2D eigenvalue weighted by Crippen LogP contribution is 2.32. The lowest BCUT2D eigenvalue weighted by atomic mass is 10.2. The summed E-state index contributed by atoms with van der Waals surface area (Å²) in [5, 5.41) is 14.1. The Morgan fingerprint density at radius 1 is 1.36 bits per heavy atom. The number of para-hydroxylation sites is 1. The molecule has 0 radical (unpaired) electrons. The molecule has 1 atom stereocenters. The van der Waals surface area contributed by atoms with E-state index in [4.69, 9.17) is 5.11 Å². The highest BCUT2D eigenvalue weighted by atomic mass is 32.2. The summed E-state index contributed by atoms with van der Waals surface area (Å²) >= 11 is 0.623. The van der Waals surface area contributed by atoms with Crippen molar-refractivity contribution in [3.05, 3.63) is 24.3 Å². The van der Waals surface area contributed by atoms with Crippen LogP contribution < -0.4 is 10.6 Å². The molecule has 0 fully saturated rings. The van der Waals surface area contributed by atoms with Crippen molar-refractivity contribution in [3.8, 4) is 0 Å². The zero-order valence-corrected chi connectivity index (χ0v) is 12.9. The van der Waals surface area contributed by atoms with Crippen LogP contribution in [0.3, 0.4) is 0 Å². The Hall–Kier alpha value is -1.41. The van der Waals surface area contributed by atoms with E-state index in [0.29, 0.717) is 35.2 Å². The van der Waals surface area contributed by atoms with Crippen LogP contribution in [0, 0.1) is 0 Å². The Bertz CT molecular complexity index is 483. The van der Waals surface area contributed by atoms with E-state index in [1.807, 2.05) is 6.92 Å². The number of anilines is 1. The summed E-state index contributed by atoms with van der Waals surface area (Å²) in [7, 11) is 0. The SMILES string of the molecule is CCC(CCO)NC(=O)Nc1ccccc1SCC(F)(F)F. The monoisotopic (exact) mass is 336 g/mol. The summed E-state index contributed by atoms with van der Waals surface area (Å²) in [6.45, 7) is 1.82. The lowest BCUT2D eigenvalue weighted by molar-refractivity contribution is -0.105. The maximum absolute atomic E-state index is 12.3. The van der Waals surface area contributed by atoms with E-state index in [1.54, 1.807) is 18.2 Å². The summed E-state index contributed by atoms with van der Waals surface area (Å²) < 4.78 is 36.9. The second kappa shape index (κ2) is 8.89. The molecule has 0 aromatic heterocycles. The maximum atomic E-state index is 12.3. The molecule has 0 bridgehead atoms. The summed E-state index contributed by atoms with van der Waals surface area (Å²) in [6.07, 6.45) is -3.19. The van der Waals surface area contributed by atoms with Crippen LogP contribution in [0.1, 0.15) is 19.8 Å². The molecular weight excluding hydrogens is 317 g/mol. The second-order valence-electron chi connectivity index (χ2n) is 4.62. The Morgan fingerprint density at radius 2 is 2.05 bits per heavy atom. The molecule has 0 spiro atoms. The quantitative estimate of drug-likeness (QED) is 0.667. The third-order valence-corrected chi connectivity index (χ3v) is 3.97. The molecule has 0 saturated heterocycles. The summed E-state index contributed by atoms with van der Waals surface area (Å²) in [5.74, 6) is -1.02. The molecule has 1 aromatic rings. The average Bonchev–Trinajstić information content (AvgIpc) is 2.45. The van der Waals surface area contributed by atoms with E-state index >= 15 is 0 Å². The molecule has 4 nitrogen and oxygen atoms in total. The molecule has 0 aliphatic rings. The average molecular weight is 336 g/mol. The van der Waals surface area contributed by atoms with Gasteiger partial charge in [0.15, 0.2) is 0 Å². The molecule has 0 saturated carbocycles. The first-order valence-corrected chi connectivity index (χ1v) is 7.81. The number of benzene rings is 1. The van der Waals surface area contributed by atoms with Gasteiger partial charge in [0.2, 0.25) is 0 Å². The molecule has 1 aromatic carbocycles. The van der Waals surface area contributed by atoms with Crippen LogP contribution in [0.2, 0.25) is 0 Å². The highest BCUT2D eigenvalue weighted by molar-refractivity contribution is 7.99. The van der Waals surface area contributed by atoms with Crippen molar-refractivity contribution >= 4 is 23.5 Å². The van der Waals surface area contributed by atoms with Crippen LogP contribution in [-0.4, -0.2) is 35.7 Å². The van der Waals surface area contributed by atoms with E-state index in [1.165, 1.54) is 6.07 Å². The van der Waals surface area contributed by atoms with Gasteiger partial charge >= 0.3 is 12.2 Å². The van der Waals surface area contributed by atoms with Crippen LogP contribution in [0.5, 0.6) is 0 Å². The third-order valence-electron chi connectivity index (χ3n) is 2.83. The highest BCUT2D eigenvalue weighted by Gasteiger charge is 2.27. The number of aliphatic hydroxyl groups is 1. The number of carbonyl (C=O) groups is 1. The van der Waals surface area contributed by atoms with Crippen LogP contribution >= 0.6 is 11.8 Å². The van der Waals surface area contributed by atoms with Crippen molar-refractivity contribution in [1.29, 1.82) is 0 Å². The smallest absolute Gasteiger partial charge is 0.396 e. The van der Waals surface area contributed by atoms with E-state index < -0.39 is 18.0 Å². The fourth-order valence-corrected chi connectivity index (χ4v) is 2.50. The fourth-order valence-electron chi connectivity index (χ4n) is 1.73. The van der Waals surface area contributed by atoms with Gasteiger partial charge in [-0.3, -0.25) is 0 Å². The molecule has 8 heteroatoms. The predicted molar refractivity (Wildman–Crippen MR) is 81.2 cm³/mol. The number of halogens is 3. The standard InChI is InChI=1S/C14H19F3N2O2S/c1-2-10(7-8-20)18-13(21)19-11-5-3-4-6-12(11)22-9-14(15,16)17/h3-6,10,20H,2,7-9H2,1H3,(H2,18,19,21). The lowest BCUT2D eigenvalue weighted by Crippen LogP contribution is -2.38. The summed E-state index contributed by atoms with van der Waals surface area (Å²) in [5.41, 5.74) is 0.327. The van der Waals surface area contributed by atoms with Crippen molar-refractivity contribution in [2.45, 2.75) is 36.9 Å². The fraction of sp³-hybridized carbons (Fsp3) is 0.500. The molecule has 0 heterocycles. The number of rotatable bonds is 7. The van der Waals surface area contributed by atoms with Gasteiger partial charge in [-0.15, -0.1) is 11.8 Å². The van der Waals surface area contributed by atoms with Gasteiger partial charge < -0.3 is 15.7 Å². The number of alkyl halides is 3. The van der Waals surface area contributed by atoms with Crippen molar-refractivity contribution in [2.24, 2.45) is 0 Å². The van der Waals surface area contributed by atoms with Gasteiger partial charge in [0.1, 0.15) is 0 Å². The Balaban J connectivity index is 2.66. The predicted octanol–water partition coefficient (Wildman–Crippen LogP) is 3.62. The van der Waals surface area contributed by atoms with Crippen LogP contribution in [0.15, 0.2) is 29.2 Å². The molecule has 0 aliphatic carbocycles. The Kier molecular flexibility index (Phi) is 7.53. The van der Waals surface area contributed by atoms with Crippen molar-refractivity contribution in [2.75, 3.05) is 17.7 Å². The third kappa shape index (κ3) is 7.04. The summed E-state index contributed by atoms with van der Waals surface area (Å²) in [4.78, 5) is 12.2. The zero-order chi connectivity index (χ0) is 16.6. The van der Waals surface area contributed by atoms with Gasteiger partial charge in [0, 0.05) is 17.5 Å². The first-order valence-electron chi connectivity index (χ1n) is 6.82. The minimum Gasteiger partial charge on any atom is -0.396 e. The number of carbonyl (C=O) groups excluding carboxylic acids is 1. The van der Waals surface area contributed by atoms with Crippen LogP contribution in [-0.2, 0) is 0 Å². The van der Waals surface area contributed by atoms with Crippen LogP contribution in [0.4, 0.5) is 23.7 Å². The second-order valence-corrected chi connectivity index (χ2v) is 5.63. The minimum absolute atomic E-state index is 0.0448. The van der Waals surface area contributed by atoms with Crippen molar-refractivity contribution in [3.63, 3.8) is 0 Å². The zero-order valence-electron chi connectivity index (χ0n) is 12.1. The largest absolute Gasteiger partial charge is 0.398 e. The number of urea groups is 1. The molecule has 124 valence electrons. The molecule has 1 unspecified atom stereocenters. The number of hydrogen-bond acceptors (Lipinski definition) is 3. The number of thioether (sulfide) groups is 1. The number of aliphatic hydroxyl groups excluding tert-OH is 1. The molecule has 1 rings (SSSR count). The lowest BCUT2D eigenvalue weighted by Gasteiger charge is -2.17. The van der Waals surface area contributed by atoms with Gasteiger partial charge in [-0.2, -0.15) is 13.2 Å². The first kappa shape index (κ1) is 18.6. The Morgan fingerprint density at radius 3 is 2.64 bits per heavy atom. The maximum Gasteiger partial charge on any atom is 0.398 e. The minimum atomic E-state index is -4.27. The van der Waals surface area contributed by atoms with Crippen LogP contribution in [0.25, 0.3) is 0 Å². The van der Waals surface area contributed by atoms with Gasteiger partial charge in [0.25, 0.3) is 0 Å². The number of hydrogen-bond donors (Lipinski definition) is 3. The van der Waals surface area contributed by atoms with E-state index in [9.17, 15) is 18.0 Å². The molecule has 3 N–H and O–H groups in total. The molecular formula is C14H19F3N2O2S.